The van der Waals surface area contributed by atoms with Crippen molar-refractivity contribution in [3.8, 4) is 0 Å². The summed E-state index contributed by atoms with van der Waals surface area (Å²) in [6.45, 7) is 2.88. The number of rotatable bonds is 4. The van der Waals surface area contributed by atoms with Crippen LogP contribution in [0.4, 0.5) is 5.69 Å². The Morgan fingerprint density at radius 1 is 1.37 bits per heavy atom. The summed E-state index contributed by atoms with van der Waals surface area (Å²) >= 11 is 0. The number of amides is 2. The molecule has 0 bridgehead atoms. The summed E-state index contributed by atoms with van der Waals surface area (Å²) in [5, 5.41) is 6.17. The van der Waals surface area contributed by atoms with Crippen LogP contribution in [0.15, 0.2) is 24.3 Å². The van der Waals surface area contributed by atoms with Gasteiger partial charge in [-0.25, -0.2) is 0 Å². The van der Waals surface area contributed by atoms with Gasteiger partial charge in [0.05, 0.1) is 5.54 Å². The molecule has 0 aromatic heterocycles. The lowest BCUT2D eigenvalue weighted by atomic mass is 9.93. The van der Waals surface area contributed by atoms with Crippen LogP contribution in [0.2, 0.25) is 0 Å². The normalized spacial score (nSPS) is 22.2. The third kappa shape index (κ3) is 2.76. The van der Waals surface area contributed by atoms with Gasteiger partial charge < -0.3 is 16.4 Å². The molecule has 1 aromatic rings. The maximum atomic E-state index is 12.3. The highest BCUT2D eigenvalue weighted by Gasteiger charge is 2.38. The van der Waals surface area contributed by atoms with Crippen molar-refractivity contribution in [2.45, 2.75) is 31.7 Å². The summed E-state index contributed by atoms with van der Waals surface area (Å²) in [7, 11) is 0. The first kappa shape index (κ1) is 13.5. The molecule has 4 N–H and O–H groups in total. The fraction of sp³-hybridized carbons (Fsp3) is 0.429. The van der Waals surface area contributed by atoms with Gasteiger partial charge in [-0.3, -0.25) is 9.59 Å². The molecule has 102 valence electrons. The monoisotopic (exact) mass is 261 g/mol. The number of nitrogens with one attached hydrogen (secondary N) is 2. The van der Waals surface area contributed by atoms with Crippen LogP contribution >= 0.6 is 0 Å². The summed E-state index contributed by atoms with van der Waals surface area (Å²) < 4.78 is 0. The SMILES string of the molecule is CCC1(C(=O)Nc2ccc(C(N)=O)cc2)CCCN1. The Bertz CT molecular complexity index is 476. The predicted molar refractivity (Wildman–Crippen MR) is 73.8 cm³/mol. The Morgan fingerprint density at radius 2 is 2.05 bits per heavy atom. The third-order valence-electron chi connectivity index (χ3n) is 3.71. The lowest BCUT2D eigenvalue weighted by molar-refractivity contribution is -0.122. The first-order chi connectivity index (χ1) is 9.07. The van der Waals surface area contributed by atoms with Crippen molar-refractivity contribution in [2.75, 3.05) is 11.9 Å². The van der Waals surface area contributed by atoms with E-state index in [1.165, 1.54) is 0 Å². The number of carbonyl (C=O) groups excluding carboxylic acids is 2. The van der Waals surface area contributed by atoms with E-state index in [1.807, 2.05) is 6.92 Å². The number of anilines is 1. The number of nitrogens with two attached hydrogens (primary N) is 1. The number of primary amides is 1. The summed E-state index contributed by atoms with van der Waals surface area (Å²) in [5.41, 5.74) is 5.82. The highest BCUT2D eigenvalue weighted by molar-refractivity contribution is 5.99. The zero-order chi connectivity index (χ0) is 13.9. The molecule has 1 fully saturated rings. The molecule has 1 saturated heterocycles. The molecule has 0 saturated carbocycles. The molecule has 1 unspecified atom stereocenters. The Hall–Kier alpha value is -1.88. The van der Waals surface area contributed by atoms with Crippen molar-refractivity contribution < 1.29 is 9.59 Å². The van der Waals surface area contributed by atoms with E-state index in [1.54, 1.807) is 24.3 Å². The van der Waals surface area contributed by atoms with Gasteiger partial charge in [0.1, 0.15) is 0 Å². The van der Waals surface area contributed by atoms with Crippen molar-refractivity contribution >= 4 is 17.5 Å². The molecule has 0 spiro atoms. The van der Waals surface area contributed by atoms with Crippen molar-refractivity contribution in [1.82, 2.24) is 5.32 Å². The van der Waals surface area contributed by atoms with Gasteiger partial charge in [-0.15, -0.1) is 0 Å². The first-order valence-corrected chi connectivity index (χ1v) is 6.54. The molecule has 0 radical (unpaired) electrons. The average molecular weight is 261 g/mol. The number of hydrogen-bond acceptors (Lipinski definition) is 3. The second-order valence-corrected chi connectivity index (χ2v) is 4.86. The molecule has 1 heterocycles. The van der Waals surface area contributed by atoms with Gasteiger partial charge in [0, 0.05) is 11.3 Å². The molecule has 1 atom stereocenters. The fourth-order valence-electron chi connectivity index (χ4n) is 2.43. The van der Waals surface area contributed by atoms with Crippen molar-refractivity contribution in [2.24, 2.45) is 5.73 Å². The van der Waals surface area contributed by atoms with E-state index in [-0.39, 0.29) is 5.91 Å². The Morgan fingerprint density at radius 3 is 2.53 bits per heavy atom. The van der Waals surface area contributed by atoms with E-state index >= 15 is 0 Å². The fourth-order valence-corrected chi connectivity index (χ4v) is 2.43. The lowest BCUT2D eigenvalue weighted by Crippen LogP contribution is -2.50. The topological polar surface area (TPSA) is 84.2 Å². The summed E-state index contributed by atoms with van der Waals surface area (Å²) in [4.78, 5) is 23.3. The van der Waals surface area contributed by atoms with Gasteiger partial charge in [-0.1, -0.05) is 6.92 Å². The summed E-state index contributed by atoms with van der Waals surface area (Å²) in [6, 6.07) is 6.60. The van der Waals surface area contributed by atoms with Gasteiger partial charge in [0.2, 0.25) is 11.8 Å². The van der Waals surface area contributed by atoms with Crippen molar-refractivity contribution in [3.05, 3.63) is 29.8 Å². The van der Waals surface area contributed by atoms with Gasteiger partial charge in [-0.05, 0) is 50.1 Å². The van der Waals surface area contributed by atoms with Crippen LogP contribution in [0.1, 0.15) is 36.5 Å². The van der Waals surface area contributed by atoms with Crippen LogP contribution in [0.3, 0.4) is 0 Å². The van der Waals surface area contributed by atoms with E-state index in [0.717, 1.165) is 25.8 Å². The van der Waals surface area contributed by atoms with Crippen LogP contribution in [0.25, 0.3) is 0 Å². The maximum absolute atomic E-state index is 12.3. The smallest absolute Gasteiger partial charge is 0.248 e. The summed E-state index contributed by atoms with van der Waals surface area (Å²) in [6.07, 6.45) is 2.63. The predicted octanol–water partition coefficient (Wildman–Crippen LogP) is 1.26. The summed E-state index contributed by atoms with van der Waals surface area (Å²) in [5.74, 6) is -0.486. The molecule has 2 amide bonds. The van der Waals surface area contributed by atoms with Crippen LogP contribution < -0.4 is 16.4 Å². The van der Waals surface area contributed by atoms with Crippen LogP contribution in [0.5, 0.6) is 0 Å². The lowest BCUT2D eigenvalue weighted by Gasteiger charge is -2.26. The van der Waals surface area contributed by atoms with E-state index < -0.39 is 11.4 Å². The number of hydrogen-bond donors (Lipinski definition) is 3. The molecule has 19 heavy (non-hydrogen) atoms. The van der Waals surface area contributed by atoms with Gasteiger partial charge in [-0.2, -0.15) is 0 Å². The molecule has 1 aliphatic heterocycles. The van der Waals surface area contributed by atoms with E-state index in [0.29, 0.717) is 11.3 Å². The third-order valence-corrected chi connectivity index (χ3v) is 3.71. The van der Waals surface area contributed by atoms with E-state index in [2.05, 4.69) is 10.6 Å². The van der Waals surface area contributed by atoms with Crippen molar-refractivity contribution in [3.63, 3.8) is 0 Å². The van der Waals surface area contributed by atoms with Crippen LogP contribution in [-0.4, -0.2) is 23.9 Å². The molecule has 1 aromatic carbocycles. The molecule has 0 aliphatic carbocycles. The molecule has 5 nitrogen and oxygen atoms in total. The standard InChI is InChI=1S/C14H19N3O2/c1-2-14(8-3-9-16-14)13(19)17-11-6-4-10(5-7-11)12(15)18/h4-7,16H,2-3,8-9H2,1H3,(H2,15,18)(H,17,19). The van der Waals surface area contributed by atoms with Gasteiger partial charge in [0.15, 0.2) is 0 Å². The van der Waals surface area contributed by atoms with Gasteiger partial charge >= 0.3 is 0 Å². The minimum absolute atomic E-state index is 0.0145. The Kier molecular flexibility index (Phi) is 3.85. The molecule has 1 aliphatic rings. The zero-order valence-corrected chi connectivity index (χ0v) is 11.0. The zero-order valence-electron chi connectivity index (χ0n) is 11.0. The maximum Gasteiger partial charge on any atom is 0.248 e. The molecular formula is C14H19N3O2. The van der Waals surface area contributed by atoms with Crippen LogP contribution in [-0.2, 0) is 4.79 Å². The average Bonchev–Trinajstić information content (AvgIpc) is 2.89. The van der Waals surface area contributed by atoms with Crippen molar-refractivity contribution in [1.29, 1.82) is 0 Å². The van der Waals surface area contributed by atoms with Gasteiger partial charge in [0.25, 0.3) is 0 Å². The minimum Gasteiger partial charge on any atom is -0.366 e. The number of benzene rings is 1. The Labute approximate surface area is 112 Å². The second-order valence-electron chi connectivity index (χ2n) is 4.86. The number of carbonyl (C=O) groups is 2. The second kappa shape index (κ2) is 5.40. The highest BCUT2D eigenvalue weighted by atomic mass is 16.2. The van der Waals surface area contributed by atoms with E-state index in [4.69, 9.17) is 5.73 Å². The largest absolute Gasteiger partial charge is 0.366 e. The molecular weight excluding hydrogens is 242 g/mol. The quantitative estimate of drug-likeness (QED) is 0.762. The minimum atomic E-state index is -0.472. The highest BCUT2D eigenvalue weighted by Crippen LogP contribution is 2.24. The van der Waals surface area contributed by atoms with Crippen LogP contribution in [0, 0.1) is 0 Å². The molecule has 2 rings (SSSR count). The Balaban J connectivity index is 2.08. The first-order valence-electron chi connectivity index (χ1n) is 6.54. The van der Waals surface area contributed by atoms with E-state index in [9.17, 15) is 9.59 Å². The molecule has 5 heteroatoms.